The first-order valence-corrected chi connectivity index (χ1v) is 8.41. The fourth-order valence-electron chi connectivity index (χ4n) is 2.47. The van der Waals surface area contributed by atoms with Gasteiger partial charge in [-0.05, 0) is 36.4 Å². The molecule has 0 saturated heterocycles. The maximum absolute atomic E-state index is 13.6. The zero-order valence-corrected chi connectivity index (χ0v) is 14.7. The van der Waals surface area contributed by atoms with E-state index in [2.05, 4.69) is 16.0 Å². The van der Waals surface area contributed by atoms with Crippen LogP contribution in [0, 0.1) is 11.6 Å². The first kappa shape index (κ1) is 19.1. The fourth-order valence-corrected chi connectivity index (χ4v) is 2.47. The topological polar surface area (TPSA) is 83.4 Å². The van der Waals surface area contributed by atoms with E-state index in [9.17, 15) is 18.4 Å². The number of furan rings is 1. The highest BCUT2D eigenvalue weighted by Gasteiger charge is 2.13. The molecule has 2 amide bonds. The summed E-state index contributed by atoms with van der Waals surface area (Å²) in [5.74, 6) is -1.74. The maximum Gasteiger partial charge on any atom is 0.253 e. The van der Waals surface area contributed by atoms with Crippen molar-refractivity contribution in [3.8, 4) is 0 Å². The number of hydrogen-bond acceptors (Lipinski definition) is 4. The molecule has 144 valence electrons. The van der Waals surface area contributed by atoms with E-state index in [1.807, 2.05) is 0 Å². The Labute approximate surface area is 159 Å². The Hall–Kier alpha value is -3.68. The van der Waals surface area contributed by atoms with Crippen LogP contribution in [0.4, 0.5) is 20.2 Å². The van der Waals surface area contributed by atoms with Crippen LogP contribution in [-0.2, 0) is 11.3 Å². The molecule has 0 aliphatic heterocycles. The number of carbonyl (C=O) groups excluding carboxylic acids is 2. The van der Waals surface area contributed by atoms with Crippen molar-refractivity contribution in [1.82, 2.24) is 5.32 Å². The molecule has 0 atom stereocenters. The summed E-state index contributed by atoms with van der Waals surface area (Å²) >= 11 is 0. The summed E-state index contributed by atoms with van der Waals surface area (Å²) in [5.41, 5.74) is 0.504. The molecule has 2 aromatic carbocycles. The standard InChI is InChI=1S/C20H17F2N3O3/c21-13-7-8-16(22)18(10-13)25-19(26)12-23-17-6-2-1-5-15(17)20(27)24-11-14-4-3-9-28-14/h1-10,23H,11-12H2,(H,24,27)(H,25,26). The molecule has 3 N–H and O–H groups in total. The van der Waals surface area contributed by atoms with E-state index < -0.39 is 17.5 Å². The van der Waals surface area contributed by atoms with Gasteiger partial charge in [0.15, 0.2) is 0 Å². The average Bonchev–Trinajstić information content (AvgIpc) is 3.21. The lowest BCUT2D eigenvalue weighted by molar-refractivity contribution is -0.114. The van der Waals surface area contributed by atoms with Gasteiger partial charge in [0.2, 0.25) is 5.91 Å². The molecule has 0 spiro atoms. The lowest BCUT2D eigenvalue weighted by Crippen LogP contribution is -2.26. The lowest BCUT2D eigenvalue weighted by Gasteiger charge is -2.12. The van der Waals surface area contributed by atoms with E-state index in [1.54, 1.807) is 36.4 Å². The van der Waals surface area contributed by atoms with Crippen molar-refractivity contribution < 1.29 is 22.8 Å². The van der Waals surface area contributed by atoms with Crippen LogP contribution in [0.15, 0.2) is 65.3 Å². The molecule has 0 radical (unpaired) electrons. The number of carbonyl (C=O) groups is 2. The number of amides is 2. The van der Waals surface area contributed by atoms with Crippen LogP contribution in [0.2, 0.25) is 0 Å². The minimum absolute atomic E-state index is 0.222. The first-order valence-electron chi connectivity index (χ1n) is 8.41. The SMILES string of the molecule is O=C(CNc1ccccc1C(=O)NCc1ccco1)Nc1cc(F)ccc1F. The van der Waals surface area contributed by atoms with Crippen molar-refractivity contribution in [2.75, 3.05) is 17.2 Å². The third kappa shape index (κ3) is 4.94. The van der Waals surface area contributed by atoms with Crippen LogP contribution < -0.4 is 16.0 Å². The van der Waals surface area contributed by atoms with Gasteiger partial charge >= 0.3 is 0 Å². The normalized spacial score (nSPS) is 10.4. The summed E-state index contributed by atoms with van der Waals surface area (Å²) in [4.78, 5) is 24.4. The molecular formula is C20H17F2N3O3. The second-order valence-corrected chi connectivity index (χ2v) is 5.83. The second-order valence-electron chi connectivity index (χ2n) is 5.83. The summed E-state index contributed by atoms with van der Waals surface area (Å²) in [5, 5.41) is 7.83. The van der Waals surface area contributed by atoms with Gasteiger partial charge in [0, 0.05) is 11.8 Å². The van der Waals surface area contributed by atoms with Gasteiger partial charge in [-0.3, -0.25) is 9.59 Å². The predicted octanol–water partition coefficient (Wildman–Crippen LogP) is 3.54. The molecule has 6 nitrogen and oxygen atoms in total. The predicted molar refractivity (Wildman–Crippen MR) is 99.8 cm³/mol. The Morgan fingerprint density at radius 3 is 2.57 bits per heavy atom. The van der Waals surface area contributed by atoms with E-state index in [-0.39, 0.29) is 24.7 Å². The quantitative estimate of drug-likeness (QED) is 0.581. The number of benzene rings is 2. The first-order chi connectivity index (χ1) is 13.5. The Morgan fingerprint density at radius 1 is 0.964 bits per heavy atom. The zero-order valence-electron chi connectivity index (χ0n) is 14.7. The highest BCUT2D eigenvalue weighted by molar-refractivity contribution is 6.00. The monoisotopic (exact) mass is 385 g/mol. The van der Waals surface area contributed by atoms with Crippen LogP contribution in [0.5, 0.6) is 0 Å². The van der Waals surface area contributed by atoms with E-state index in [0.29, 0.717) is 17.0 Å². The van der Waals surface area contributed by atoms with Crippen molar-refractivity contribution in [3.05, 3.63) is 83.8 Å². The Bertz CT molecular complexity index is 975. The molecule has 0 unspecified atom stereocenters. The number of rotatable bonds is 7. The van der Waals surface area contributed by atoms with Crippen molar-refractivity contribution >= 4 is 23.2 Å². The second kappa shape index (κ2) is 8.81. The maximum atomic E-state index is 13.6. The molecule has 0 bridgehead atoms. The molecule has 0 aliphatic carbocycles. The lowest BCUT2D eigenvalue weighted by atomic mass is 10.1. The molecule has 1 aromatic heterocycles. The van der Waals surface area contributed by atoms with Gasteiger partial charge in [-0.25, -0.2) is 8.78 Å². The van der Waals surface area contributed by atoms with Crippen LogP contribution in [0.25, 0.3) is 0 Å². The molecule has 0 fully saturated rings. The van der Waals surface area contributed by atoms with E-state index >= 15 is 0 Å². The van der Waals surface area contributed by atoms with Crippen molar-refractivity contribution in [2.45, 2.75) is 6.54 Å². The Balaban J connectivity index is 1.60. The van der Waals surface area contributed by atoms with Crippen molar-refractivity contribution in [1.29, 1.82) is 0 Å². The summed E-state index contributed by atoms with van der Waals surface area (Å²) in [6, 6.07) is 12.9. The third-order valence-corrected chi connectivity index (χ3v) is 3.82. The van der Waals surface area contributed by atoms with Gasteiger partial charge < -0.3 is 20.4 Å². The highest BCUT2D eigenvalue weighted by Crippen LogP contribution is 2.17. The van der Waals surface area contributed by atoms with Crippen LogP contribution in [-0.4, -0.2) is 18.4 Å². The summed E-state index contributed by atoms with van der Waals surface area (Å²) in [7, 11) is 0. The van der Waals surface area contributed by atoms with Crippen molar-refractivity contribution in [2.24, 2.45) is 0 Å². The number of halogens is 2. The van der Waals surface area contributed by atoms with E-state index in [0.717, 1.165) is 18.2 Å². The minimum atomic E-state index is -0.743. The summed E-state index contributed by atoms with van der Waals surface area (Å²) < 4.78 is 31.9. The van der Waals surface area contributed by atoms with E-state index in [4.69, 9.17) is 4.42 Å². The number of hydrogen-bond donors (Lipinski definition) is 3. The van der Waals surface area contributed by atoms with Crippen LogP contribution in [0.1, 0.15) is 16.1 Å². The molecule has 3 rings (SSSR count). The number of anilines is 2. The highest BCUT2D eigenvalue weighted by atomic mass is 19.1. The molecule has 3 aromatic rings. The van der Waals surface area contributed by atoms with Crippen LogP contribution >= 0.6 is 0 Å². The number of nitrogens with one attached hydrogen (secondary N) is 3. The van der Waals surface area contributed by atoms with Gasteiger partial charge in [-0.15, -0.1) is 0 Å². The molecule has 28 heavy (non-hydrogen) atoms. The average molecular weight is 385 g/mol. The molecule has 8 heteroatoms. The van der Waals surface area contributed by atoms with Gasteiger partial charge in [-0.2, -0.15) is 0 Å². The summed E-state index contributed by atoms with van der Waals surface area (Å²) in [6.07, 6.45) is 1.51. The van der Waals surface area contributed by atoms with Gasteiger partial charge in [0.05, 0.1) is 30.6 Å². The number of para-hydroxylation sites is 1. The van der Waals surface area contributed by atoms with Crippen LogP contribution in [0.3, 0.4) is 0 Å². The molecule has 1 heterocycles. The molecular weight excluding hydrogens is 368 g/mol. The minimum Gasteiger partial charge on any atom is -0.467 e. The smallest absolute Gasteiger partial charge is 0.253 e. The van der Waals surface area contributed by atoms with Gasteiger partial charge in [-0.1, -0.05) is 12.1 Å². The summed E-state index contributed by atoms with van der Waals surface area (Å²) in [6.45, 7) is -0.0159. The zero-order chi connectivity index (χ0) is 19.9. The largest absolute Gasteiger partial charge is 0.467 e. The van der Waals surface area contributed by atoms with E-state index in [1.165, 1.54) is 6.26 Å². The third-order valence-electron chi connectivity index (χ3n) is 3.82. The molecule has 0 aliphatic rings. The molecule has 0 saturated carbocycles. The van der Waals surface area contributed by atoms with Gasteiger partial charge in [0.25, 0.3) is 5.91 Å². The van der Waals surface area contributed by atoms with Crippen molar-refractivity contribution in [3.63, 3.8) is 0 Å². The van der Waals surface area contributed by atoms with Gasteiger partial charge in [0.1, 0.15) is 17.4 Å². The fraction of sp³-hybridized carbons (Fsp3) is 0.100. The Kier molecular flexibility index (Phi) is 6.01. The Morgan fingerprint density at radius 2 is 1.79 bits per heavy atom.